The molecule has 0 amide bonds. The van der Waals surface area contributed by atoms with Crippen molar-refractivity contribution < 1.29 is 19.5 Å². The number of hydrogen-bond donors (Lipinski definition) is 1. The molecule has 7 heteroatoms. The maximum absolute atomic E-state index is 11.3. The van der Waals surface area contributed by atoms with Gasteiger partial charge in [-0.25, -0.2) is 4.79 Å². The van der Waals surface area contributed by atoms with E-state index in [9.17, 15) is 10.0 Å². The average Bonchev–Trinajstić information content (AvgIpc) is 2.99. The van der Waals surface area contributed by atoms with E-state index in [-0.39, 0.29) is 24.1 Å². The topological polar surface area (TPSA) is 87.0 Å². The third-order valence-electron chi connectivity index (χ3n) is 2.70. The van der Waals surface area contributed by atoms with Gasteiger partial charge in [-0.15, -0.1) is 0 Å². The molecule has 0 bridgehead atoms. The minimum Gasteiger partial charge on any atom is -0.733 e. The Bertz CT molecular complexity index is 595. The molecule has 0 saturated carbocycles. The van der Waals surface area contributed by atoms with Crippen molar-refractivity contribution in [2.45, 2.75) is 6.92 Å². The number of aromatic nitrogens is 1. The van der Waals surface area contributed by atoms with Crippen LogP contribution >= 0.6 is 0 Å². The fraction of sp³-hybridized carbons (Fsp3) is 0.214. The Balaban J connectivity index is 2.25. The second kappa shape index (κ2) is 6.78. The molecule has 0 fully saturated rings. The van der Waals surface area contributed by atoms with Crippen LogP contribution in [-0.2, 0) is 9.53 Å². The lowest BCUT2D eigenvalue weighted by atomic mass is 10.2. The van der Waals surface area contributed by atoms with Crippen molar-refractivity contribution in [2.75, 3.05) is 18.4 Å². The third-order valence-corrected chi connectivity index (χ3v) is 2.70. The number of hydrogen-bond acceptors (Lipinski definition) is 6. The van der Waals surface area contributed by atoms with Gasteiger partial charge in [-0.05, 0) is 37.3 Å². The van der Waals surface area contributed by atoms with Crippen LogP contribution in [-0.4, -0.2) is 29.0 Å². The first-order valence-electron chi connectivity index (χ1n) is 6.33. The van der Waals surface area contributed by atoms with Crippen LogP contribution in [0.5, 0.6) is 5.75 Å². The molecular weight excluding hydrogens is 276 g/mol. The molecule has 21 heavy (non-hydrogen) atoms. The number of rotatable bonds is 6. The molecule has 0 spiro atoms. The minimum absolute atomic E-state index is 0.0576. The van der Waals surface area contributed by atoms with Crippen molar-refractivity contribution >= 4 is 11.7 Å². The Kier molecular flexibility index (Phi) is 4.81. The summed E-state index contributed by atoms with van der Waals surface area (Å²) >= 11 is 0. The molecule has 1 N–H and O–H groups in total. The second-order valence-corrected chi connectivity index (χ2v) is 4.11. The SMILES string of the molecule is CCOC(=O)COc1ccc(N([O-])O)cc1-n1cccc1. The predicted molar refractivity (Wildman–Crippen MR) is 75.5 cm³/mol. The molecule has 112 valence electrons. The lowest BCUT2D eigenvalue weighted by Gasteiger charge is -2.23. The lowest BCUT2D eigenvalue weighted by molar-refractivity contribution is -0.145. The number of carbonyl (C=O) groups excluding carboxylic acids is 1. The number of anilines is 1. The molecule has 0 unspecified atom stereocenters. The van der Waals surface area contributed by atoms with Crippen LogP contribution in [0.1, 0.15) is 6.92 Å². The van der Waals surface area contributed by atoms with Crippen molar-refractivity contribution in [1.29, 1.82) is 0 Å². The zero-order valence-corrected chi connectivity index (χ0v) is 11.4. The Hall–Kier alpha value is -2.51. The summed E-state index contributed by atoms with van der Waals surface area (Å²) in [6.07, 6.45) is 3.51. The summed E-state index contributed by atoms with van der Waals surface area (Å²) in [5.41, 5.74) is 0.582. The molecule has 7 nitrogen and oxygen atoms in total. The van der Waals surface area contributed by atoms with Gasteiger partial charge in [-0.3, -0.25) is 5.21 Å². The van der Waals surface area contributed by atoms with Gasteiger partial charge in [0.15, 0.2) is 6.61 Å². The summed E-state index contributed by atoms with van der Waals surface area (Å²) in [4.78, 5) is 11.3. The number of carbonyl (C=O) groups is 1. The normalized spacial score (nSPS) is 10.2. The molecule has 0 radical (unpaired) electrons. The molecule has 1 aromatic carbocycles. The van der Waals surface area contributed by atoms with Crippen LogP contribution in [0.15, 0.2) is 42.7 Å². The largest absolute Gasteiger partial charge is 0.733 e. The van der Waals surface area contributed by atoms with E-state index in [2.05, 4.69) is 0 Å². The zero-order chi connectivity index (χ0) is 15.2. The van der Waals surface area contributed by atoms with Gasteiger partial charge in [0.2, 0.25) is 0 Å². The van der Waals surface area contributed by atoms with Crippen molar-refractivity contribution in [1.82, 2.24) is 4.57 Å². The highest BCUT2D eigenvalue weighted by Gasteiger charge is 2.10. The maximum atomic E-state index is 11.3. The van der Waals surface area contributed by atoms with Crippen LogP contribution in [0.3, 0.4) is 0 Å². The summed E-state index contributed by atoms with van der Waals surface area (Å²) in [5, 5.41) is 19.7. The first-order valence-corrected chi connectivity index (χ1v) is 6.33. The van der Waals surface area contributed by atoms with E-state index in [1.165, 1.54) is 18.2 Å². The average molecular weight is 291 g/mol. The van der Waals surface area contributed by atoms with Gasteiger partial charge in [-0.2, -0.15) is 0 Å². The molecule has 2 rings (SSSR count). The quantitative estimate of drug-likeness (QED) is 0.648. The first-order chi connectivity index (χ1) is 10.1. The summed E-state index contributed by atoms with van der Waals surface area (Å²) in [6.45, 7) is 1.75. The van der Waals surface area contributed by atoms with Crippen LogP contribution in [0.25, 0.3) is 5.69 Å². The first kappa shape index (κ1) is 14.9. The van der Waals surface area contributed by atoms with Crippen molar-refractivity contribution in [3.8, 4) is 11.4 Å². The van der Waals surface area contributed by atoms with Gasteiger partial charge in [0.1, 0.15) is 5.75 Å². The van der Waals surface area contributed by atoms with Crippen LogP contribution < -0.4 is 9.96 Å². The minimum atomic E-state index is -0.479. The third kappa shape index (κ3) is 3.74. The zero-order valence-electron chi connectivity index (χ0n) is 11.4. The van der Waals surface area contributed by atoms with Gasteiger partial charge in [0.25, 0.3) is 0 Å². The highest BCUT2D eigenvalue weighted by atomic mass is 16.8. The number of benzene rings is 1. The Labute approximate surface area is 121 Å². The summed E-state index contributed by atoms with van der Waals surface area (Å²) in [5.74, 6) is -0.0857. The summed E-state index contributed by atoms with van der Waals surface area (Å²) in [6, 6.07) is 7.95. The van der Waals surface area contributed by atoms with Gasteiger partial charge < -0.3 is 24.5 Å². The van der Waals surface area contributed by atoms with Gasteiger partial charge in [-0.1, -0.05) is 0 Å². The fourth-order valence-corrected chi connectivity index (χ4v) is 1.78. The van der Waals surface area contributed by atoms with E-state index in [1.54, 1.807) is 36.0 Å². The molecule has 0 atom stereocenters. The van der Waals surface area contributed by atoms with Crippen molar-refractivity contribution in [2.24, 2.45) is 0 Å². The molecule has 1 aromatic heterocycles. The molecule has 2 aromatic rings. The highest BCUT2D eigenvalue weighted by Crippen LogP contribution is 2.28. The Morgan fingerprint density at radius 3 is 2.71 bits per heavy atom. The van der Waals surface area contributed by atoms with Crippen LogP contribution in [0, 0.1) is 5.21 Å². The summed E-state index contributed by atoms with van der Waals surface area (Å²) < 4.78 is 11.9. The Morgan fingerprint density at radius 2 is 2.10 bits per heavy atom. The van der Waals surface area contributed by atoms with Crippen LogP contribution in [0.4, 0.5) is 5.69 Å². The van der Waals surface area contributed by atoms with E-state index in [1.807, 2.05) is 0 Å². The second-order valence-electron chi connectivity index (χ2n) is 4.11. The smallest absolute Gasteiger partial charge is 0.344 e. The van der Waals surface area contributed by atoms with Crippen LogP contribution in [0.2, 0.25) is 0 Å². The molecule has 0 aliphatic carbocycles. The highest BCUT2D eigenvalue weighted by molar-refractivity contribution is 5.71. The molecule has 0 aliphatic rings. The number of esters is 1. The van der Waals surface area contributed by atoms with E-state index in [0.717, 1.165) is 0 Å². The van der Waals surface area contributed by atoms with E-state index >= 15 is 0 Å². The van der Waals surface area contributed by atoms with Gasteiger partial charge in [0, 0.05) is 12.4 Å². The van der Waals surface area contributed by atoms with Gasteiger partial charge >= 0.3 is 5.97 Å². The maximum Gasteiger partial charge on any atom is 0.344 e. The van der Waals surface area contributed by atoms with E-state index in [4.69, 9.17) is 14.7 Å². The van der Waals surface area contributed by atoms with Crippen molar-refractivity contribution in [3.05, 3.63) is 47.9 Å². The molecule has 1 heterocycles. The number of ether oxygens (including phenoxy) is 2. The van der Waals surface area contributed by atoms with Crippen molar-refractivity contribution in [3.63, 3.8) is 0 Å². The Morgan fingerprint density at radius 1 is 1.38 bits per heavy atom. The van der Waals surface area contributed by atoms with E-state index in [0.29, 0.717) is 11.4 Å². The predicted octanol–water partition coefficient (Wildman–Crippen LogP) is 2.11. The fourth-order valence-electron chi connectivity index (χ4n) is 1.78. The molecular formula is C14H15N2O5-. The standard InChI is InChI=1S/C14H15N2O5/c1-2-20-14(17)10-21-13-6-5-11(16(18)19)9-12(13)15-7-3-4-8-15/h3-9,18H,2,10H2,1H3/q-1. The lowest BCUT2D eigenvalue weighted by Crippen LogP contribution is -2.15. The van der Waals surface area contributed by atoms with E-state index < -0.39 is 5.97 Å². The summed E-state index contributed by atoms with van der Waals surface area (Å²) in [7, 11) is 0. The molecule has 0 saturated heterocycles. The number of nitrogens with zero attached hydrogens (tertiary/aromatic N) is 2. The molecule has 0 aliphatic heterocycles. The van der Waals surface area contributed by atoms with Gasteiger partial charge in [0.05, 0.1) is 18.0 Å². The monoisotopic (exact) mass is 291 g/mol.